The van der Waals surface area contributed by atoms with E-state index in [0.29, 0.717) is 17.1 Å². The molecule has 1 saturated carbocycles. The Kier molecular flexibility index (Phi) is 6.46. The molecule has 2 aliphatic heterocycles. The van der Waals surface area contributed by atoms with Crippen molar-refractivity contribution in [2.24, 2.45) is 5.92 Å². The number of carbonyl (C=O) groups excluding carboxylic acids is 2. The van der Waals surface area contributed by atoms with Gasteiger partial charge in [-0.05, 0) is 48.8 Å². The molecule has 1 amide bonds. The van der Waals surface area contributed by atoms with Crippen LogP contribution in [0.15, 0.2) is 41.7 Å². The largest absolute Gasteiger partial charge is 0.458 e. The zero-order valence-corrected chi connectivity index (χ0v) is 18.0. The minimum Gasteiger partial charge on any atom is -0.458 e. The predicted octanol–water partition coefficient (Wildman–Crippen LogP) is 4.69. The van der Waals surface area contributed by atoms with Gasteiger partial charge in [0.2, 0.25) is 0 Å². The van der Waals surface area contributed by atoms with E-state index >= 15 is 0 Å². The average molecular weight is 398 g/mol. The van der Waals surface area contributed by atoms with Crippen LogP contribution in [0.5, 0.6) is 0 Å². The molecule has 0 radical (unpaired) electrons. The Balaban J connectivity index is 0.000000568. The molecular weight excluding hydrogens is 366 g/mol. The lowest BCUT2D eigenvalue weighted by Crippen LogP contribution is -2.20. The molecule has 2 fully saturated rings. The lowest BCUT2D eigenvalue weighted by Gasteiger charge is -2.14. The second kappa shape index (κ2) is 8.85. The van der Waals surface area contributed by atoms with E-state index in [-0.39, 0.29) is 23.8 Å². The summed E-state index contributed by atoms with van der Waals surface area (Å²) in [5.74, 6) is 0.279. The van der Waals surface area contributed by atoms with Gasteiger partial charge in [-0.1, -0.05) is 45.9 Å². The number of benzene rings is 1. The van der Waals surface area contributed by atoms with Crippen LogP contribution >= 0.6 is 0 Å². The second-order valence-corrected chi connectivity index (χ2v) is 7.29. The quantitative estimate of drug-likeness (QED) is 0.457. The zero-order valence-electron chi connectivity index (χ0n) is 18.0. The van der Waals surface area contributed by atoms with Gasteiger partial charge in [0, 0.05) is 17.6 Å². The number of amides is 1. The molecule has 29 heavy (non-hydrogen) atoms. The van der Waals surface area contributed by atoms with E-state index in [1.54, 1.807) is 13.0 Å². The van der Waals surface area contributed by atoms with Crippen molar-refractivity contribution in [2.75, 3.05) is 0 Å². The monoisotopic (exact) mass is 397 g/mol. The van der Waals surface area contributed by atoms with E-state index in [0.717, 1.165) is 6.42 Å². The number of nitrogens with one attached hydrogen (secondary N) is 1. The van der Waals surface area contributed by atoms with Crippen molar-refractivity contribution in [2.45, 2.75) is 72.1 Å². The highest BCUT2D eigenvalue weighted by Crippen LogP contribution is 2.51. The molecule has 0 bridgehead atoms. The highest BCUT2D eigenvalue weighted by molar-refractivity contribution is 5.97. The fourth-order valence-corrected chi connectivity index (χ4v) is 4.20. The molecule has 1 N–H and O–H groups in total. The molecule has 156 valence electrons. The van der Waals surface area contributed by atoms with Crippen molar-refractivity contribution in [1.29, 1.82) is 0 Å². The van der Waals surface area contributed by atoms with Crippen molar-refractivity contribution in [3.8, 4) is 0 Å². The molecule has 5 heteroatoms. The number of hydrogen-bond donors (Lipinski definition) is 1. The molecule has 0 spiro atoms. The number of cyclic esters (lactones) is 1. The fraction of sp³-hybridized carbons (Fsp3) is 0.500. The summed E-state index contributed by atoms with van der Waals surface area (Å²) in [5, 5.41) is 3.13. The van der Waals surface area contributed by atoms with E-state index in [9.17, 15) is 9.59 Å². The number of fused-ring (bicyclic) bond motifs is 3. The van der Waals surface area contributed by atoms with Crippen molar-refractivity contribution < 1.29 is 19.1 Å². The van der Waals surface area contributed by atoms with Crippen molar-refractivity contribution in [3.63, 3.8) is 0 Å². The van der Waals surface area contributed by atoms with E-state index in [1.807, 2.05) is 27.7 Å². The first-order valence-corrected chi connectivity index (χ1v) is 10.8. The van der Waals surface area contributed by atoms with Gasteiger partial charge in [-0.2, -0.15) is 0 Å². The topological polar surface area (TPSA) is 64.6 Å². The summed E-state index contributed by atoms with van der Waals surface area (Å²) in [6.07, 6.45) is 5.69. The number of hydrogen-bond acceptors (Lipinski definition) is 4. The number of ether oxygens (including phenoxy) is 2. The zero-order chi connectivity index (χ0) is 21.1. The van der Waals surface area contributed by atoms with Gasteiger partial charge in [0.1, 0.15) is 0 Å². The van der Waals surface area contributed by atoms with Crippen LogP contribution < -0.4 is 5.32 Å². The van der Waals surface area contributed by atoms with E-state index in [4.69, 9.17) is 9.47 Å². The molecule has 2 aliphatic carbocycles. The summed E-state index contributed by atoms with van der Waals surface area (Å²) in [4.78, 5) is 23.9. The summed E-state index contributed by atoms with van der Waals surface area (Å²) in [6, 6.07) is 6.53. The Morgan fingerprint density at radius 2 is 1.86 bits per heavy atom. The molecule has 2 heterocycles. The first-order valence-electron chi connectivity index (χ1n) is 10.8. The maximum absolute atomic E-state index is 12.4. The predicted molar refractivity (Wildman–Crippen MR) is 112 cm³/mol. The minimum atomic E-state index is -0.738. The Morgan fingerprint density at radius 3 is 2.48 bits per heavy atom. The minimum absolute atomic E-state index is 0.0394. The standard InChI is InChI=1S/C20H19NO4.2C2H6/c1-10-7-16(25-20(10)23)24-9-15-14-8-12-3-2-4-13(11-5-6-11)17(12)18(14)21-19(15)22;2*1-2/h2-4,7,9,11,14,16,18H,5-6,8H2,1H3,(H,21,22);2*1-2H3/b15-9+;;. The summed E-state index contributed by atoms with van der Waals surface area (Å²) >= 11 is 0. The third-order valence-corrected chi connectivity index (χ3v) is 5.61. The number of esters is 1. The maximum atomic E-state index is 12.4. The Labute approximate surface area is 173 Å². The molecule has 1 saturated heterocycles. The van der Waals surface area contributed by atoms with Crippen molar-refractivity contribution >= 4 is 11.9 Å². The first-order chi connectivity index (χ1) is 14.1. The van der Waals surface area contributed by atoms with Crippen LogP contribution in [0, 0.1) is 5.92 Å². The van der Waals surface area contributed by atoms with Crippen LogP contribution in [0.3, 0.4) is 0 Å². The van der Waals surface area contributed by atoms with Gasteiger partial charge in [0.25, 0.3) is 12.2 Å². The molecule has 4 aliphatic rings. The molecule has 3 atom stereocenters. The van der Waals surface area contributed by atoms with Gasteiger partial charge in [-0.15, -0.1) is 0 Å². The Bertz CT molecular complexity index is 850. The summed E-state index contributed by atoms with van der Waals surface area (Å²) in [6.45, 7) is 9.68. The maximum Gasteiger partial charge on any atom is 0.336 e. The van der Waals surface area contributed by atoms with Crippen LogP contribution in [0.4, 0.5) is 0 Å². The normalized spacial score (nSPS) is 27.6. The summed E-state index contributed by atoms with van der Waals surface area (Å²) in [7, 11) is 0. The van der Waals surface area contributed by atoms with E-state index in [2.05, 4.69) is 23.5 Å². The molecular formula is C24H31NO4. The van der Waals surface area contributed by atoms with Crippen LogP contribution in [-0.4, -0.2) is 18.2 Å². The lowest BCUT2D eigenvalue weighted by molar-refractivity contribution is -0.152. The van der Waals surface area contributed by atoms with Crippen LogP contribution in [-0.2, 0) is 25.5 Å². The molecule has 5 rings (SSSR count). The third-order valence-electron chi connectivity index (χ3n) is 5.61. The van der Waals surface area contributed by atoms with E-state index < -0.39 is 6.29 Å². The van der Waals surface area contributed by atoms with Crippen molar-refractivity contribution in [1.82, 2.24) is 5.32 Å². The van der Waals surface area contributed by atoms with Crippen molar-refractivity contribution in [3.05, 3.63) is 58.4 Å². The third kappa shape index (κ3) is 3.96. The van der Waals surface area contributed by atoms with Gasteiger partial charge in [0.05, 0.1) is 17.9 Å². The van der Waals surface area contributed by atoms with Gasteiger partial charge in [-0.25, -0.2) is 4.79 Å². The fourth-order valence-electron chi connectivity index (χ4n) is 4.20. The summed E-state index contributed by atoms with van der Waals surface area (Å²) in [5.41, 5.74) is 5.20. The van der Waals surface area contributed by atoms with Crippen LogP contribution in [0.25, 0.3) is 0 Å². The van der Waals surface area contributed by atoms with E-state index in [1.165, 1.54) is 35.8 Å². The van der Waals surface area contributed by atoms with Gasteiger partial charge < -0.3 is 14.8 Å². The van der Waals surface area contributed by atoms with Crippen LogP contribution in [0.1, 0.15) is 76.1 Å². The Hall–Kier alpha value is -2.56. The second-order valence-electron chi connectivity index (χ2n) is 7.29. The molecule has 5 nitrogen and oxygen atoms in total. The molecule has 3 unspecified atom stereocenters. The molecule has 1 aromatic carbocycles. The highest BCUT2D eigenvalue weighted by atomic mass is 16.7. The van der Waals surface area contributed by atoms with Crippen LogP contribution in [0.2, 0.25) is 0 Å². The lowest BCUT2D eigenvalue weighted by atomic mass is 9.95. The van der Waals surface area contributed by atoms with Gasteiger partial charge >= 0.3 is 5.97 Å². The SMILES string of the molecule is CC.CC.CC1=CC(O/C=C2/C(=O)NC3c4c(cccc4C4CC4)CC23)OC1=O. The number of carbonyl (C=O) groups is 2. The Morgan fingerprint density at radius 1 is 1.14 bits per heavy atom. The summed E-state index contributed by atoms with van der Waals surface area (Å²) < 4.78 is 10.6. The smallest absolute Gasteiger partial charge is 0.336 e. The molecule has 1 aromatic rings. The number of rotatable bonds is 3. The average Bonchev–Trinajstić information content (AvgIpc) is 3.37. The van der Waals surface area contributed by atoms with Gasteiger partial charge in [0.15, 0.2) is 0 Å². The first kappa shape index (κ1) is 21.2. The highest BCUT2D eigenvalue weighted by Gasteiger charge is 2.46. The van der Waals surface area contributed by atoms with Gasteiger partial charge in [-0.3, -0.25) is 4.79 Å². The molecule has 0 aromatic heterocycles.